The molecule has 0 fully saturated rings. The fourth-order valence-corrected chi connectivity index (χ4v) is 3.45. The number of nitrogens with zero attached hydrogens (tertiary/aromatic N) is 2. The number of hydrogen-bond donors (Lipinski definition) is 1. The maximum absolute atomic E-state index is 6.31. The summed E-state index contributed by atoms with van der Waals surface area (Å²) < 4.78 is 0. The van der Waals surface area contributed by atoms with Crippen LogP contribution in [0.5, 0.6) is 0 Å². The first kappa shape index (κ1) is 16.0. The predicted octanol–water partition coefficient (Wildman–Crippen LogP) is 4.19. The summed E-state index contributed by atoms with van der Waals surface area (Å²) in [6.07, 6.45) is 0. The van der Waals surface area contributed by atoms with Crippen molar-refractivity contribution >= 4 is 17.0 Å². The summed E-state index contributed by atoms with van der Waals surface area (Å²) in [7, 11) is 4.09. The van der Waals surface area contributed by atoms with Gasteiger partial charge in [-0.2, -0.15) is 0 Å². The van der Waals surface area contributed by atoms with Crippen molar-refractivity contribution in [1.82, 2.24) is 4.98 Å². The summed E-state index contributed by atoms with van der Waals surface area (Å²) in [5.41, 5.74) is 9.44. The summed E-state index contributed by atoms with van der Waals surface area (Å²) in [4.78, 5) is 8.13. The van der Waals surface area contributed by atoms with Gasteiger partial charge in [0.25, 0.3) is 0 Å². The van der Waals surface area contributed by atoms with Crippen molar-refractivity contribution in [2.75, 3.05) is 19.0 Å². The van der Waals surface area contributed by atoms with Crippen LogP contribution >= 0.6 is 11.3 Å². The largest absolute Gasteiger partial charge is 0.378 e. The topological polar surface area (TPSA) is 42.2 Å². The smallest absolute Gasteiger partial charge is 0.123 e. The first-order valence-corrected chi connectivity index (χ1v) is 8.09. The van der Waals surface area contributed by atoms with E-state index in [4.69, 9.17) is 10.7 Å². The molecule has 0 bridgehead atoms. The maximum atomic E-state index is 6.31. The van der Waals surface area contributed by atoms with Gasteiger partial charge in [0.1, 0.15) is 5.01 Å². The van der Waals surface area contributed by atoms with Crippen LogP contribution in [-0.4, -0.2) is 19.1 Å². The van der Waals surface area contributed by atoms with Gasteiger partial charge in [0.05, 0.1) is 5.69 Å². The lowest BCUT2D eigenvalue weighted by molar-refractivity contribution is 0.553. The highest BCUT2D eigenvalue weighted by atomic mass is 32.1. The van der Waals surface area contributed by atoms with Gasteiger partial charge in [-0.1, -0.05) is 13.8 Å². The summed E-state index contributed by atoms with van der Waals surface area (Å²) >= 11 is 1.71. The number of benzene rings is 1. The van der Waals surface area contributed by atoms with Crippen LogP contribution in [0.2, 0.25) is 0 Å². The molecule has 0 saturated carbocycles. The Bertz CT molecular complexity index is 604. The molecule has 0 spiro atoms. The average molecular weight is 303 g/mol. The Morgan fingerprint density at radius 1 is 1.14 bits per heavy atom. The number of aromatic nitrogens is 1. The quantitative estimate of drug-likeness (QED) is 0.920. The van der Waals surface area contributed by atoms with E-state index in [2.05, 4.69) is 43.0 Å². The fraction of sp³-hybridized carbons (Fsp3) is 0.471. The van der Waals surface area contributed by atoms with Gasteiger partial charge < -0.3 is 10.6 Å². The van der Waals surface area contributed by atoms with Crippen LogP contribution in [0.15, 0.2) is 24.3 Å². The zero-order valence-corrected chi connectivity index (χ0v) is 14.6. The summed E-state index contributed by atoms with van der Waals surface area (Å²) in [6.45, 7) is 8.43. The van der Waals surface area contributed by atoms with Gasteiger partial charge in [-0.25, -0.2) is 4.98 Å². The molecule has 0 atom stereocenters. The zero-order chi connectivity index (χ0) is 15.8. The molecular formula is C17H25N3S. The Balaban J connectivity index is 2.45. The monoisotopic (exact) mass is 303 g/mol. The van der Waals surface area contributed by atoms with Crippen molar-refractivity contribution in [3.8, 4) is 10.6 Å². The molecular weight excluding hydrogens is 278 g/mol. The van der Waals surface area contributed by atoms with Gasteiger partial charge in [0.2, 0.25) is 0 Å². The van der Waals surface area contributed by atoms with E-state index in [1.807, 2.05) is 27.9 Å². The van der Waals surface area contributed by atoms with E-state index in [-0.39, 0.29) is 5.54 Å². The third-order valence-electron chi connectivity index (χ3n) is 3.42. The van der Waals surface area contributed by atoms with Crippen LogP contribution < -0.4 is 10.6 Å². The molecule has 1 aromatic carbocycles. The van der Waals surface area contributed by atoms with E-state index in [1.165, 1.54) is 10.6 Å². The molecule has 1 aromatic heterocycles. The van der Waals surface area contributed by atoms with E-state index < -0.39 is 0 Å². The van der Waals surface area contributed by atoms with Gasteiger partial charge in [0.15, 0.2) is 0 Å². The molecule has 3 nitrogen and oxygen atoms in total. The number of anilines is 1. The van der Waals surface area contributed by atoms with Gasteiger partial charge in [-0.3, -0.25) is 0 Å². The highest BCUT2D eigenvalue weighted by Crippen LogP contribution is 2.37. The Hall–Kier alpha value is -1.39. The Kier molecular flexibility index (Phi) is 4.40. The van der Waals surface area contributed by atoms with Crippen LogP contribution in [-0.2, 0) is 5.54 Å². The lowest BCUT2D eigenvalue weighted by Gasteiger charge is -2.19. The van der Waals surface area contributed by atoms with E-state index in [1.54, 1.807) is 11.3 Å². The lowest BCUT2D eigenvalue weighted by Crippen LogP contribution is -2.28. The second kappa shape index (κ2) is 5.78. The second-order valence-corrected chi connectivity index (χ2v) is 7.55. The number of thiazole rings is 1. The van der Waals surface area contributed by atoms with E-state index in [0.29, 0.717) is 5.92 Å². The normalized spacial score (nSPS) is 12.0. The van der Waals surface area contributed by atoms with Crippen LogP contribution in [0.3, 0.4) is 0 Å². The molecule has 0 unspecified atom stereocenters. The molecule has 2 rings (SSSR count). The Labute approximate surface area is 131 Å². The van der Waals surface area contributed by atoms with Gasteiger partial charge >= 0.3 is 0 Å². The zero-order valence-electron chi connectivity index (χ0n) is 13.8. The van der Waals surface area contributed by atoms with Crippen LogP contribution in [0.1, 0.15) is 44.2 Å². The molecule has 114 valence electrons. The van der Waals surface area contributed by atoms with Crippen molar-refractivity contribution in [3.63, 3.8) is 0 Å². The van der Waals surface area contributed by atoms with Crippen molar-refractivity contribution in [2.24, 2.45) is 5.73 Å². The van der Waals surface area contributed by atoms with Crippen LogP contribution in [0.4, 0.5) is 5.69 Å². The van der Waals surface area contributed by atoms with Gasteiger partial charge in [0, 0.05) is 35.8 Å². The molecule has 2 N–H and O–H groups in total. The molecule has 0 radical (unpaired) electrons. The molecule has 0 aliphatic carbocycles. The Morgan fingerprint density at radius 3 is 2.10 bits per heavy atom. The molecule has 0 amide bonds. The molecule has 0 aliphatic rings. The highest BCUT2D eigenvalue weighted by molar-refractivity contribution is 7.15. The third kappa shape index (κ3) is 3.44. The van der Waals surface area contributed by atoms with E-state index in [0.717, 1.165) is 16.3 Å². The number of hydrogen-bond acceptors (Lipinski definition) is 4. The van der Waals surface area contributed by atoms with Crippen LogP contribution in [0, 0.1) is 0 Å². The minimum atomic E-state index is -0.348. The molecule has 4 heteroatoms. The molecule has 21 heavy (non-hydrogen) atoms. The van der Waals surface area contributed by atoms with Crippen molar-refractivity contribution in [3.05, 3.63) is 34.8 Å². The standard InChI is InChI=1S/C17H25N3S/c1-11(2)14-15(17(3,4)18)21-16(19-14)12-7-9-13(10-8-12)20(5)6/h7-11H,18H2,1-6H3. The number of nitrogens with two attached hydrogens (primary N) is 1. The molecule has 0 saturated heterocycles. The molecule has 0 aliphatic heterocycles. The first-order valence-electron chi connectivity index (χ1n) is 7.28. The average Bonchev–Trinajstić information content (AvgIpc) is 2.84. The molecule has 1 heterocycles. The summed E-state index contributed by atoms with van der Waals surface area (Å²) in [6, 6.07) is 8.51. The minimum absolute atomic E-state index is 0.348. The number of rotatable bonds is 4. The maximum Gasteiger partial charge on any atom is 0.123 e. The van der Waals surface area contributed by atoms with Gasteiger partial charge in [-0.15, -0.1) is 11.3 Å². The lowest BCUT2D eigenvalue weighted by atomic mass is 9.98. The highest BCUT2D eigenvalue weighted by Gasteiger charge is 2.25. The SMILES string of the molecule is CC(C)c1nc(-c2ccc(N(C)C)cc2)sc1C(C)(C)N. The van der Waals surface area contributed by atoms with Crippen molar-refractivity contribution in [2.45, 2.75) is 39.2 Å². The van der Waals surface area contributed by atoms with Crippen molar-refractivity contribution in [1.29, 1.82) is 0 Å². The Morgan fingerprint density at radius 2 is 1.71 bits per heavy atom. The van der Waals surface area contributed by atoms with E-state index in [9.17, 15) is 0 Å². The van der Waals surface area contributed by atoms with E-state index >= 15 is 0 Å². The van der Waals surface area contributed by atoms with Crippen LogP contribution in [0.25, 0.3) is 10.6 Å². The van der Waals surface area contributed by atoms with Crippen molar-refractivity contribution < 1.29 is 0 Å². The summed E-state index contributed by atoms with van der Waals surface area (Å²) in [5, 5.41) is 1.05. The fourth-order valence-electron chi connectivity index (χ4n) is 2.21. The third-order valence-corrected chi connectivity index (χ3v) is 4.88. The molecule has 2 aromatic rings. The first-order chi connectivity index (χ1) is 9.70. The predicted molar refractivity (Wildman–Crippen MR) is 93.2 cm³/mol. The minimum Gasteiger partial charge on any atom is -0.378 e. The summed E-state index contributed by atoms with van der Waals surface area (Å²) in [5.74, 6) is 0.383. The van der Waals surface area contributed by atoms with Gasteiger partial charge in [-0.05, 0) is 44.0 Å². The second-order valence-electron chi connectivity index (χ2n) is 6.55.